The molecule has 0 saturated carbocycles. The number of halogens is 4. The van der Waals surface area contributed by atoms with Gasteiger partial charge in [-0.3, -0.25) is 9.69 Å². The number of anilines is 2. The summed E-state index contributed by atoms with van der Waals surface area (Å²) in [5, 5.41) is 2.93. The zero-order chi connectivity index (χ0) is 23.4. The highest BCUT2D eigenvalue weighted by Crippen LogP contribution is 2.34. The molecule has 1 amide bonds. The highest BCUT2D eigenvalue weighted by Gasteiger charge is 2.34. The number of piperazine rings is 1. The third-order valence-corrected chi connectivity index (χ3v) is 5.81. The lowest BCUT2D eigenvalue weighted by Crippen LogP contribution is -2.50. The van der Waals surface area contributed by atoms with Gasteiger partial charge in [0.1, 0.15) is 11.9 Å². The van der Waals surface area contributed by atoms with Crippen LogP contribution in [0.2, 0.25) is 5.02 Å². The van der Waals surface area contributed by atoms with Crippen LogP contribution in [-0.4, -0.2) is 42.0 Å². The van der Waals surface area contributed by atoms with Gasteiger partial charge in [0.05, 0.1) is 10.6 Å². The van der Waals surface area contributed by atoms with E-state index in [1.807, 2.05) is 65.6 Å². The summed E-state index contributed by atoms with van der Waals surface area (Å²) in [5.74, 6) is 0.167. The molecule has 1 aliphatic heterocycles. The lowest BCUT2D eigenvalue weighted by atomic mass is 10.0. The first-order valence-corrected chi connectivity index (χ1v) is 10.8. The quantitative estimate of drug-likeness (QED) is 0.548. The van der Waals surface area contributed by atoms with Crippen LogP contribution < -0.4 is 10.2 Å². The van der Waals surface area contributed by atoms with E-state index in [0.29, 0.717) is 37.7 Å². The molecule has 1 fully saturated rings. The van der Waals surface area contributed by atoms with E-state index in [1.54, 1.807) is 0 Å². The summed E-state index contributed by atoms with van der Waals surface area (Å²) in [6.45, 7) is 1.97. The second-order valence-electron chi connectivity index (χ2n) is 7.72. The van der Waals surface area contributed by atoms with Crippen molar-refractivity contribution in [1.82, 2.24) is 9.88 Å². The molecule has 33 heavy (non-hydrogen) atoms. The number of hydrogen-bond acceptors (Lipinski definition) is 4. The summed E-state index contributed by atoms with van der Waals surface area (Å²) in [6.07, 6.45) is -3.70. The van der Waals surface area contributed by atoms with Gasteiger partial charge in [-0.25, -0.2) is 4.98 Å². The van der Waals surface area contributed by atoms with Gasteiger partial charge in [0.25, 0.3) is 0 Å². The Kier molecular flexibility index (Phi) is 6.85. The average Bonchev–Trinajstić information content (AvgIpc) is 2.80. The van der Waals surface area contributed by atoms with Crippen molar-refractivity contribution < 1.29 is 18.0 Å². The van der Waals surface area contributed by atoms with Gasteiger partial charge in [-0.1, -0.05) is 60.1 Å². The van der Waals surface area contributed by atoms with Crippen LogP contribution in [0.15, 0.2) is 72.9 Å². The number of nitrogens with one attached hydrogen (secondary N) is 1. The SMILES string of the molecule is O=C(Nc1ccccc1)C(c1ccccc1)N1CCN(c2ncc(C(F)(F)F)cc2Cl)CC1. The van der Waals surface area contributed by atoms with Gasteiger partial charge in [0.2, 0.25) is 5.91 Å². The molecular weight excluding hydrogens is 453 g/mol. The van der Waals surface area contributed by atoms with Crippen LogP contribution in [0.4, 0.5) is 24.7 Å². The number of carbonyl (C=O) groups is 1. The minimum atomic E-state index is -4.50. The molecule has 1 unspecified atom stereocenters. The molecule has 2 aromatic carbocycles. The van der Waals surface area contributed by atoms with Crippen molar-refractivity contribution in [1.29, 1.82) is 0 Å². The maximum atomic E-state index is 13.2. The lowest BCUT2D eigenvalue weighted by Gasteiger charge is -2.39. The van der Waals surface area contributed by atoms with E-state index in [0.717, 1.165) is 17.8 Å². The van der Waals surface area contributed by atoms with E-state index in [2.05, 4.69) is 15.2 Å². The molecule has 1 aliphatic rings. The first kappa shape index (κ1) is 23.1. The largest absolute Gasteiger partial charge is 0.417 e. The predicted molar refractivity (Wildman–Crippen MR) is 122 cm³/mol. The third kappa shape index (κ3) is 5.46. The van der Waals surface area contributed by atoms with Crippen LogP contribution in [-0.2, 0) is 11.0 Å². The van der Waals surface area contributed by atoms with Crippen LogP contribution in [0, 0.1) is 0 Å². The second kappa shape index (κ2) is 9.80. The number of para-hydroxylation sites is 1. The Labute approximate surface area is 194 Å². The number of alkyl halides is 3. The normalized spacial score (nSPS) is 15.8. The smallest absolute Gasteiger partial charge is 0.353 e. The van der Waals surface area contributed by atoms with E-state index in [4.69, 9.17) is 11.6 Å². The Balaban J connectivity index is 1.50. The summed E-state index contributed by atoms with van der Waals surface area (Å²) in [4.78, 5) is 21.1. The second-order valence-corrected chi connectivity index (χ2v) is 8.13. The molecule has 1 aromatic heterocycles. The first-order valence-electron chi connectivity index (χ1n) is 10.5. The molecule has 3 aromatic rings. The van der Waals surface area contributed by atoms with Crippen molar-refractivity contribution in [2.45, 2.75) is 12.2 Å². The van der Waals surface area contributed by atoms with E-state index in [9.17, 15) is 18.0 Å². The van der Waals surface area contributed by atoms with Crippen molar-refractivity contribution in [2.75, 3.05) is 36.4 Å². The standard InChI is InChI=1S/C24H22ClF3N4O/c25-20-15-18(24(26,27)28)16-29-22(20)32-13-11-31(12-14-32)21(17-7-3-1-4-8-17)23(33)30-19-9-5-2-6-10-19/h1-10,15-16,21H,11-14H2,(H,30,33). The molecule has 4 rings (SSSR count). The third-order valence-electron chi connectivity index (χ3n) is 5.53. The Morgan fingerprint density at radius 3 is 2.15 bits per heavy atom. The monoisotopic (exact) mass is 474 g/mol. The maximum absolute atomic E-state index is 13.2. The van der Waals surface area contributed by atoms with E-state index < -0.39 is 17.8 Å². The van der Waals surface area contributed by atoms with Gasteiger partial charge in [-0.2, -0.15) is 13.2 Å². The molecule has 1 atom stereocenters. The molecule has 1 N–H and O–H groups in total. The molecular formula is C24H22ClF3N4O. The maximum Gasteiger partial charge on any atom is 0.417 e. The Morgan fingerprint density at radius 2 is 1.58 bits per heavy atom. The van der Waals surface area contributed by atoms with Crippen molar-refractivity contribution in [3.8, 4) is 0 Å². The number of pyridine rings is 1. The van der Waals surface area contributed by atoms with Gasteiger partial charge >= 0.3 is 6.18 Å². The number of nitrogens with zero attached hydrogens (tertiary/aromatic N) is 3. The van der Waals surface area contributed by atoms with E-state index in [-0.39, 0.29) is 10.9 Å². The predicted octanol–water partition coefficient (Wildman–Crippen LogP) is 5.26. The van der Waals surface area contributed by atoms with Crippen molar-refractivity contribution in [3.05, 3.63) is 89.1 Å². The molecule has 2 heterocycles. The molecule has 0 bridgehead atoms. The Hall–Kier alpha value is -3.10. The average molecular weight is 475 g/mol. The van der Waals surface area contributed by atoms with Gasteiger partial charge in [-0.15, -0.1) is 0 Å². The Bertz CT molecular complexity index is 1090. The number of hydrogen-bond donors (Lipinski definition) is 1. The highest BCUT2D eigenvalue weighted by molar-refractivity contribution is 6.33. The molecule has 0 radical (unpaired) electrons. The number of carbonyl (C=O) groups excluding carboxylic acids is 1. The number of benzene rings is 2. The van der Waals surface area contributed by atoms with E-state index >= 15 is 0 Å². The van der Waals surface area contributed by atoms with Crippen molar-refractivity contribution >= 4 is 29.0 Å². The van der Waals surface area contributed by atoms with Crippen LogP contribution in [0.1, 0.15) is 17.2 Å². The number of rotatable bonds is 5. The highest BCUT2D eigenvalue weighted by atomic mass is 35.5. The van der Waals surface area contributed by atoms with Gasteiger partial charge in [0, 0.05) is 38.1 Å². The molecule has 5 nitrogen and oxygen atoms in total. The number of aromatic nitrogens is 1. The minimum absolute atomic E-state index is 0.0419. The summed E-state index contributed by atoms with van der Waals surface area (Å²) in [5.41, 5.74) is 0.699. The molecule has 0 spiro atoms. The number of amides is 1. The van der Waals surface area contributed by atoms with Gasteiger partial charge in [0.15, 0.2) is 0 Å². The van der Waals surface area contributed by atoms with Crippen LogP contribution in [0.25, 0.3) is 0 Å². The fourth-order valence-electron chi connectivity index (χ4n) is 3.91. The van der Waals surface area contributed by atoms with Crippen LogP contribution in [0.5, 0.6) is 0 Å². The van der Waals surface area contributed by atoms with Gasteiger partial charge < -0.3 is 10.2 Å². The zero-order valence-electron chi connectivity index (χ0n) is 17.6. The van der Waals surface area contributed by atoms with E-state index in [1.165, 1.54) is 0 Å². The topological polar surface area (TPSA) is 48.5 Å². The Morgan fingerprint density at radius 1 is 0.970 bits per heavy atom. The van der Waals surface area contributed by atoms with Crippen LogP contribution in [0.3, 0.4) is 0 Å². The van der Waals surface area contributed by atoms with Crippen molar-refractivity contribution in [3.63, 3.8) is 0 Å². The molecule has 1 saturated heterocycles. The minimum Gasteiger partial charge on any atom is -0.353 e. The summed E-state index contributed by atoms with van der Waals surface area (Å²) in [6, 6.07) is 19.1. The van der Waals surface area contributed by atoms with Crippen LogP contribution >= 0.6 is 11.6 Å². The van der Waals surface area contributed by atoms with Crippen molar-refractivity contribution in [2.24, 2.45) is 0 Å². The first-order chi connectivity index (χ1) is 15.8. The molecule has 0 aliphatic carbocycles. The molecule has 172 valence electrons. The fraction of sp³-hybridized carbons (Fsp3) is 0.250. The molecule has 9 heteroatoms. The lowest BCUT2D eigenvalue weighted by molar-refractivity contribution is -0.137. The fourth-order valence-corrected chi connectivity index (χ4v) is 4.19. The summed E-state index contributed by atoms with van der Waals surface area (Å²) in [7, 11) is 0. The zero-order valence-corrected chi connectivity index (χ0v) is 18.4. The summed E-state index contributed by atoms with van der Waals surface area (Å²) < 4.78 is 38.8. The van der Waals surface area contributed by atoms with Gasteiger partial charge in [-0.05, 0) is 23.8 Å². The summed E-state index contributed by atoms with van der Waals surface area (Å²) >= 11 is 6.12.